The van der Waals surface area contributed by atoms with E-state index in [1.807, 2.05) is 44.2 Å². The minimum atomic E-state index is -0.571. The van der Waals surface area contributed by atoms with Crippen molar-refractivity contribution >= 4 is 11.9 Å². The number of fused-ring (bicyclic) bond motifs is 1. The van der Waals surface area contributed by atoms with Crippen LogP contribution in [0.3, 0.4) is 0 Å². The molecule has 0 saturated heterocycles. The molecule has 0 radical (unpaired) electrons. The molecule has 1 aliphatic heterocycles. The maximum absolute atomic E-state index is 12.9. The molecule has 0 N–H and O–H groups in total. The predicted molar refractivity (Wildman–Crippen MR) is 107 cm³/mol. The molecule has 156 valence electrons. The topological polar surface area (TPSA) is 76.0 Å². The van der Waals surface area contributed by atoms with Gasteiger partial charge in [-0.1, -0.05) is 44.2 Å². The summed E-state index contributed by atoms with van der Waals surface area (Å²) < 4.78 is 24.1. The van der Waals surface area contributed by atoms with E-state index in [0.717, 1.165) is 5.56 Å². The molecule has 0 fully saturated rings. The van der Waals surface area contributed by atoms with Crippen LogP contribution >= 0.6 is 0 Å². The Labute approximate surface area is 170 Å². The quantitative estimate of drug-likeness (QED) is 0.687. The highest BCUT2D eigenvalue weighted by atomic mass is 16.6. The van der Waals surface area contributed by atoms with Gasteiger partial charge in [0.2, 0.25) is 0 Å². The van der Waals surface area contributed by atoms with Gasteiger partial charge in [-0.15, -0.1) is 0 Å². The monoisotopic (exact) mass is 401 g/mol. The van der Waals surface area contributed by atoms with Gasteiger partial charge < -0.3 is 23.5 Å². The number of hydrogen-bond acceptors (Lipinski definition) is 6. The average Bonchev–Trinajstić information content (AvgIpc) is 2.90. The molecule has 3 rings (SSSR count). The van der Waals surface area contributed by atoms with E-state index in [4.69, 9.17) is 18.9 Å². The summed E-state index contributed by atoms with van der Waals surface area (Å²) in [6.07, 6.45) is 0. The molecule has 0 saturated carbocycles. The minimum absolute atomic E-state index is 0.159. The summed E-state index contributed by atoms with van der Waals surface area (Å²) in [7, 11) is 0. The van der Waals surface area contributed by atoms with Crippen molar-refractivity contribution in [3.8, 4) is 11.5 Å². The molecule has 0 aliphatic carbocycles. The number of benzene rings is 1. The Morgan fingerprint density at radius 3 is 1.86 bits per heavy atom. The van der Waals surface area contributed by atoms with Gasteiger partial charge in [-0.3, -0.25) is 0 Å². The molecule has 1 aromatic carbocycles. The fourth-order valence-corrected chi connectivity index (χ4v) is 3.15. The average molecular weight is 401 g/mol. The molecule has 1 aliphatic rings. The van der Waals surface area contributed by atoms with Crippen molar-refractivity contribution in [3.63, 3.8) is 0 Å². The number of esters is 2. The van der Waals surface area contributed by atoms with Gasteiger partial charge in [-0.05, 0) is 19.4 Å². The summed E-state index contributed by atoms with van der Waals surface area (Å²) >= 11 is 0. The van der Waals surface area contributed by atoms with E-state index in [2.05, 4.69) is 0 Å². The third kappa shape index (κ3) is 4.39. The van der Waals surface area contributed by atoms with Crippen molar-refractivity contribution in [3.05, 3.63) is 47.3 Å². The Balaban J connectivity index is 2.20. The van der Waals surface area contributed by atoms with E-state index >= 15 is 0 Å². The molecule has 7 nitrogen and oxygen atoms in total. The first kappa shape index (κ1) is 20.8. The molecule has 0 bridgehead atoms. The minimum Gasteiger partial charge on any atom is -0.487 e. The highest BCUT2D eigenvalue weighted by Crippen LogP contribution is 2.43. The van der Waals surface area contributed by atoms with Crippen molar-refractivity contribution in [2.24, 2.45) is 5.41 Å². The number of ether oxygens (including phenoxy) is 4. The number of hydrogen-bond donors (Lipinski definition) is 0. The van der Waals surface area contributed by atoms with Crippen LogP contribution in [0.4, 0.5) is 0 Å². The Morgan fingerprint density at radius 1 is 0.931 bits per heavy atom. The van der Waals surface area contributed by atoms with Gasteiger partial charge in [-0.25, -0.2) is 9.59 Å². The van der Waals surface area contributed by atoms with Crippen LogP contribution in [0.25, 0.3) is 0 Å². The van der Waals surface area contributed by atoms with E-state index in [9.17, 15) is 9.59 Å². The highest BCUT2D eigenvalue weighted by Gasteiger charge is 2.38. The van der Waals surface area contributed by atoms with E-state index in [0.29, 0.717) is 13.2 Å². The lowest BCUT2D eigenvalue weighted by Gasteiger charge is -2.21. The molecule has 1 aromatic heterocycles. The van der Waals surface area contributed by atoms with Crippen molar-refractivity contribution in [2.75, 3.05) is 26.4 Å². The second kappa shape index (κ2) is 8.59. The number of carbonyl (C=O) groups excluding carboxylic acids is 2. The second-order valence-electron chi connectivity index (χ2n) is 7.61. The zero-order chi connectivity index (χ0) is 21.0. The molecular formula is C22H27NO6. The smallest absolute Gasteiger partial charge is 0.359 e. The SMILES string of the molecule is CCOC(=O)c1c2c(c(C(=O)OCC)n1Cc1ccccc1)OCC(C)(C)CO2. The van der Waals surface area contributed by atoms with Gasteiger partial charge in [0.15, 0.2) is 22.9 Å². The summed E-state index contributed by atoms with van der Waals surface area (Å²) in [4.78, 5) is 25.7. The van der Waals surface area contributed by atoms with Crippen LogP contribution in [-0.2, 0) is 16.0 Å². The normalized spacial score (nSPS) is 14.8. The Bertz CT molecular complexity index is 835. The van der Waals surface area contributed by atoms with Gasteiger partial charge in [0.1, 0.15) is 0 Å². The Kier molecular flexibility index (Phi) is 6.15. The number of rotatable bonds is 6. The van der Waals surface area contributed by atoms with Crippen LogP contribution in [0, 0.1) is 5.41 Å². The molecule has 29 heavy (non-hydrogen) atoms. The zero-order valence-corrected chi connectivity index (χ0v) is 17.3. The largest absolute Gasteiger partial charge is 0.487 e. The van der Waals surface area contributed by atoms with E-state index in [-0.39, 0.29) is 48.1 Å². The summed E-state index contributed by atoms with van der Waals surface area (Å²) in [6.45, 7) is 8.79. The van der Waals surface area contributed by atoms with Crippen LogP contribution in [0.1, 0.15) is 54.2 Å². The number of nitrogens with zero attached hydrogens (tertiary/aromatic N) is 1. The van der Waals surface area contributed by atoms with Crippen LogP contribution < -0.4 is 9.47 Å². The zero-order valence-electron chi connectivity index (χ0n) is 17.3. The van der Waals surface area contributed by atoms with Gasteiger partial charge in [0, 0.05) is 12.0 Å². The second-order valence-corrected chi connectivity index (χ2v) is 7.61. The summed E-state index contributed by atoms with van der Waals surface area (Å²) in [6, 6.07) is 9.53. The van der Waals surface area contributed by atoms with E-state index in [1.54, 1.807) is 18.4 Å². The van der Waals surface area contributed by atoms with Crippen LogP contribution in [0.2, 0.25) is 0 Å². The molecule has 2 aromatic rings. The number of carbonyl (C=O) groups is 2. The van der Waals surface area contributed by atoms with Gasteiger partial charge in [0.25, 0.3) is 0 Å². The Hall–Kier alpha value is -2.96. The van der Waals surface area contributed by atoms with Crippen molar-refractivity contribution in [2.45, 2.75) is 34.2 Å². The molecular weight excluding hydrogens is 374 g/mol. The third-order valence-corrected chi connectivity index (χ3v) is 4.51. The number of aromatic nitrogens is 1. The first-order valence-electron chi connectivity index (χ1n) is 9.78. The summed E-state index contributed by atoms with van der Waals surface area (Å²) in [5.74, 6) is -0.682. The van der Waals surface area contributed by atoms with Gasteiger partial charge in [-0.2, -0.15) is 0 Å². The molecule has 0 spiro atoms. The lowest BCUT2D eigenvalue weighted by atomic mass is 9.97. The summed E-state index contributed by atoms with van der Waals surface area (Å²) in [5.41, 5.74) is 0.945. The first-order valence-corrected chi connectivity index (χ1v) is 9.78. The first-order chi connectivity index (χ1) is 13.9. The van der Waals surface area contributed by atoms with Gasteiger partial charge >= 0.3 is 11.9 Å². The maximum atomic E-state index is 12.9. The fourth-order valence-electron chi connectivity index (χ4n) is 3.15. The Morgan fingerprint density at radius 2 is 1.41 bits per heavy atom. The fraction of sp³-hybridized carbons (Fsp3) is 0.455. The van der Waals surface area contributed by atoms with E-state index < -0.39 is 11.9 Å². The maximum Gasteiger partial charge on any atom is 0.359 e. The van der Waals surface area contributed by atoms with Crippen LogP contribution in [-0.4, -0.2) is 42.9 Å². The lowest BCUT2D eigenvalue weighted by molar-refractivity contribution is 0.0495. The lowest BCUT2D eigenvalue weighted by Crippen LogP contribution is -2.27. The van der Waals surface area contributed by atoms with Crippen molar-refractivity contribution in [1.29, 1.82) is 0 Å². The highest BCUT2D eigenvalue weighted by molar-refractivity contribution is 6.00. The third-order valence-electron chi connectivity index (χ3n) is 4.51. The standard InChI is InChI=1S/C22H27NO6/c1-5-26-20(24)16-18-19(29-14-22(3,4)13-28-18)17(21(25)27-6-2)23(16)12-15-10-8-7-9-11-15/h7-11H,5-6,12-14H2,1-4H3. The van der Waals surface area contributed by atoms with Crippen LogP contribution in [0.5, 0.6) is 11.5 Å². The molecule has 7 heteroatoms. The molecule has 0 amide bonds. The molecule has 0 unspecified atom stereocenters. The van der Waals surface area contributed by atoms with E-state index in [1.165, 1.54) is 0 Å². The summed E-state index contributed by atoms with van der Waals surface area (Å²) in [5, 5.41) is 0. The van der Waals surface area contributed by atoms with Crippen molar-refractivity contribution in [1.82, 2.24) is 4.57 Å². The molecule has 2 heterocycles. The molecule has 0 atom stereocenters. The van der Waals surface area contributed by atoms with Gasteiger partial charge in [0.05, 0.1) is 26.4 Å². The van der Waals surface area contributed by atoms with Crippen LogP contribution in [0.15, 0.2) is 30.3 Å². The predicted octanol–water partition coefficient (Wildman–Crippen LogP) is 3.69. The van der Waals surface area contributed by atoms with Crippen molar-refractivity contribution < 1.29 is 28.5 Å².